The van der Waals surface area contributed by atoms with Gasteiger partial charge in [0.05, 0.1) is 0 Å². The number of thiophene rings is 1. The van der Waals surface area contributed by atoms with Gasteiger partial charge in [0, 0.05) is 64.4 Å². The molecule has 0 atom stereocenters. The number of rotatable bonds is 8. The largest absolute Gasteiger partial charge is 0.512 e. The van der Waals surface area contributed by atoms with E-state index in [2.05, 4.69) is 87.7 Å². The molecule has 0 fully saturated rings. The Balaban J connectivity index is 0.000000260. The molecule has 0 aliphatic carbocycles. The zero-order chi connectivity index (χ0) is 35.0. The maximum atomic E-state index is 12.2. The van der Waals surface area contributed by atoms with Gasteiger partial charge in [-0.2, -0.15) is 0 Å². The molecule has 0 saturated carbocycles. The van der Waals surface area contributed by atoms with E-state index in [1.165, 1.54) is 32.7 Å². The Kier molecular flexibility index (Phi) is 11.7. The molecule has 6 rings (SSSR count). The smallest absolute Gasteiger partial charge is 0.164 e. The number of pyridine rings is 1. The molecule has 0 aliphatic rings. The van der Waals surface area contributed by atoms with Crippen molar-refractivity contribution in [2.75, 3.05) is 0 Å². The molecule has 3 aromatic heterocycles. The molecule has 6 aromatic rings. The fourth-order valence-corrected chi connectivity index (χ4v) is 7.16. The van der Waals surface area contributed by atoms with E-state index in [1.807, 2.05) is 47.7 Å². The molecular formula is C43H50IrNO3S-. The van der Waals surface area contributed by atoms with Crippen molar-refractivity contribution in [2.24, 2.45) is 10.8 Å². The number of furan rings is 1. The number of aliphatic hydroxyl groups is 1. The minimum Gasteiger partial charge on any atom is -0.512 e. The standard InChI is InChI=1S/C28H22NOS.C15H28O2.Ir/c1-16-15-31-25-14-24-22(13-21(16)25)20-9-10-29-26(27(20)30-24)18-11-17-7-5-6-8-19(17)23(12-18)28(2,3)4;1-7-14(5,8-2)12(16)11-13(17)15(6,9-3)10-4;/h5-10,12-15H,1-4H3;11,16H,7-10H2,1-6H3;/q-1;;/b;12-11-;. The molecule has 0 bridgehead atoms. The molecule has 261 valence electrons. The van der Waals surface area contributed by atoms with Gasteiger partial charge in [-0.05, 0) is 72.6 Å². The molecule has 6 heteroatoms. The second-order valence-electron chi connectivity index (χ2n) is 14.7. The Morgan fingerprint density at radius 2 is 1.53 bits per heavy atom. The van der Waals surface area contributed by atoms with Gasteiger partial charge in [0.1, 0.15) is 16.9 Å². The number of hydrogen-bond acceptors (Lipinski definition) is 5. The van der Waals surface area contributed by atoms with Gasteiger partial charge in [-0.3, -0.25) is 9.78 Å². The summed E-state index contributed by atoms with van der Waals surface area (Å²) in [6, 6.07) is 20.8. The number of hydrogen-bond donors (Lipinski definition) is 1. The van der Waals surface area contributed by atoms with E-state index in [0.717, 1.165) is 64.3 Å². The summed E-state index contributed by atoms with van der Waals surface area (Å²) < 4.78 is 7.67. The fraction of sp³-hybridized carbons (Fsp3) is 0.395. The number of aliphatic hydroxyl groups excluding tert-OH is 1. The summed E-state index contributed by atoms with van der Waals surface area (Å²) >= 11 is 1.76. The Morgan fingerprint density at radius 3 is 2.16 bits per heavy atom. The summed E-state index contributed by atoms with van der Waals surface area (Å²) in [6.45, 7) is 21.0. The number of benzene rings is 3. The van der Waals surface area contributed by atoms with Crippen LogP contribution in [0, 0.1) is 23.8 Å². The normalized spacial score (nSPS) is 12.7. The fourth-order valence-electron chi connectivity index (χ4n) is 6.20. The van der Waals surface area contributed by atoms with Gasteiger partial charge in [0.2, 0.25) is 0 Å². The summed E-state index contributed by atoms with van der Waals surface area (Å²) in [4.78, 5) is 16.9. The number of allylic oxidation sites excluding steroid dienone is 2. The molecule has 4 nitrogen and oxygen atoms in total. The first-order valence-corrected chi connectivity index (χ1v) is 18.2. The average molecular weight is 853 g/mol. The van der Waals surface area contributed by atoms with Gasteiger partial charge in [-0.1, -0.05) is 91.5 Å². The van der Waals surface area contributed by atoms with Crippen LogP contribution in [0.2, 0.25) is 0 Å². The predicted octanol–water partition coefficient (Wildman–Crippen LogP) is 13.1. The van der Waals surface area contributed by atoms with Gasteiger partial charge in [0.15, 0.2) is 5.78 Å². The molecule has 3 aromatic carbocycles. The zero-order valence-electron chi connectivity index (χ0n) is 30.6. The first-order chi connectivity index (χ1) is 22.7. The molecule has 0 spiro atoms. The number of ketones is 1. The van der Waals surface area contributed by atoms with Crippen LogP contribution in [0.25, 0.3) is 54.1 Å². The molecule has 1 radical (unpaired) electrons. The second-order valence-corrected chi connectivity index (χ2v) is 15.6. The Morgan fingerprint density at radius 1 is 0.878 bits per heavy atom. The number of carbonyl (C=O) groups excluding carboxylic acids is 1. The number of fused-ring (bicyclic) bond motifs is 5. The van der Waals surface area contributed by atoms with Crippen LogP contribution >= 0.6 is 11.3 Å². The summed E-state index contributed by atoms with van der Waals surface area (Å²) in [6.07, 6.45) is 6.64. The van der Waals surface area contributed by atoms with Crippen LogP contribution < -0.4 is 0 Å². The van der Waals surface area contributed by atoms with Crippen molar-refractivity contribution >= 4 is 59.9 Å². The SMILES string of the molecule is CCC(C)(CC)C(=O)/C=C(\O)C(C)(CC)CC.Cc1csc2cc3oc4c(-c5[c-]c6ccccc6c(C(C)(C)C)c5)nccc4c3cc12.[Ir]. The molecule has 1 N–H and O–H groups in total. The summed E-state index contributed by atoms with van der Waals surface area (Å²) in [7, 11) is 0. The zero-order valence-corrected chi connectivity index (χ0v) is 33.8. The van der Waals surface area contributed by atoms with Crippen molar-refractivity contribution in [2.45, 2.75) is 100 Å². The third-order valence-corrected chi connectivity index (χ3v) is 11.8. The molecule has 49 heavy (non-hydrogen) atoms. The molecular weight excluding hydrogens is 803 g/mol. The van der Waals surface area contributed by atoms with Crippen LogP contribution in [0.1, 0.15) is 99.1 Å². The average Bonchev–Trinajstić information content (AvgIpc) is 3.64. The maximum Gasteiger partial charge on any atom is 0.164 e. The first kappa shape index (κ1) is 38.5. The summed E-state index contributed by atoms with van der Waals surface area (Å²) in [5, 5.41) is 18.2. The first-order valence-electron chi connectivity index (χ1n) is 17.3. The van der Waals surface area contributed by atoms with E-state index in [4.69, 9.17) is 9.40 Å². The van der Waals surface area contributed by atoms with Crippen molar-refractivity contribution in [1.82, 2.24) is 4.98 Å². The predicted molar refractivity (Wildman–Crippen MR) is 205 cm³/mol. The van der Waals surface area contributed by atoms with Crippen LogP contribution in [0.5, 0.6) is 0 Å². The Hall–Kier alpha value is -3.31. The minimum absolute atomic E-state index is 0. The van der Waals surface area contributed by atoms with Crippen molar-refractivity contribution < 1.29 is 34.4 Å². The van der Waals surface area contributed by atoms with Crippen molar-refractivity contribution in [1.29, 1.82) is 0 Å². The van der Waals surface area contributed by atoms with E-state index < -0.39 is 0 Å². The van der Waals surface area contributed by atoms with Gasteiger partial charge in [-0.15, -0.1) is 40.5 Å². The van der Waals surface area contributed by atoms with Crippen LogP contribution in [0.15, 0.2) is 76.4 Å². The third-order valence-electron chi connectivity index (χ3n) is 10.7. The van der Waals surface area contributed by atoms with E-state index >= 15 is 0 Å². The van der Waals surface area contributed by atoms with E-state index in [1.54, 1.807) is 11.3 Å². The van der Waals surface area contributed by atoms with Crippen molar-refractivity contribution in [3.8, 4) is 11.3 Å². The van der Waals surface area contributed by atoms with E-state index in [0.29, 0.717) is 0 Å². The Bertz CT molecular complexity index is 2140. The van der Waals surface area contributed by atoms with Crippen molar-refractivity contribution in [3.05, 3.63) is 89.1 Å². The summed E-state index contributed by atoms with van der Waals surface area (Å²) in [5.41, 5.74) is 5.58. The maximum absolute atomic E-state index is 12.2. The van der Waals surface area contributed by atoms with Gasteiger partial charge in [-0.25, -0.2) is 0 Å². The van der Waals surface area contributed by atoms with Crippen LogP contribution in [0.4, 0.5) is 0 Å². The van der Waals surface area contributed by atoms with E-state index in [9.17, 15) is 9.90 Å². The van der Waals surface area contributed by atoms with Gasteiger partial charge in [0.25, 0.3) is 0 Å². The Labute approximate surface area is 309 Å². The van der Waals surface area contributed by atoms with Gasteiger partial charge >= 0.3 is 0 Å². The van der Waals surface area contributed by atoms with Crippen molar-refractivity contribution in [3.63, 3.8) is 0 Å². The second kappa shape index (κ2) is 14.9. The number of nitrogens with zero attached hydrogens (tertiary/aromatic N) is 1. The van der Waals surface area contributed by atoms with Crippen LogP contribution in [-0.2, 0) is 30.3 Å². The molecule has 0 aliphatic heterocycles. The molecule has 0 unspecified atom stereocenters. The monoisotopic (exact) mass is 853 g/mol. The number of carbonyl (C=O) groups is 1. The van der Waals surface area contributed by atoms with Crippen LogP contribution in [-0.4, -0.2) is 15.9 Å². The molecule has 0 amide bonds. The summed E-state index contributed by atoms with van der Waals surface area (Å²) in [5.74, 6) is 0.286. The number of aryl methyl sites for hydroxylation is 1. The quantitative estimate of drug-likeness (QED) is 0.0941. The topological polar surface area (TPSA) is 63.3 Å². The minimum atomic E-state index is -0.337. The number of aromatic nitrogens is 1. The van der Waals surface area contributed by atoms with Gasteiger partial charge < -0.3 is 9.52 Å². The third kappa shape index (κ3) is 7.43. The van der Waals surface area contributed by atoms with E-state index in [-0.39, 0.29) is 47.9 Å². The molecule has 3 heterocycles. The van der Waals surface area contributed by atoms with Crippen LogP contribution in [0.3, 0.4) is 0 Å². The molecule has 0 saturated heterocycles.